The van der Waals surface area contributed by atoms with Gasteiger partial charge in [-0.05, 0) is 82.1 Å². The molecule has 0 aromatic heterocycles. The Morgan fingerprint density at radius 3 is 2.32 bits per heavy atom. The van der Waals surface area contributed by atoms with Crippen molar-refractivity contribution in [1.82, 2.24) is 4.90 Å². The number of nitrogens with two attached hydrogens (primary N) is 1. The molecule has 2 fully saturated rings. The van der Waals surface area contributed by atoms with Gasteiger partial charge in [0.15, 0.2) is 0 Å². The van der Waals surface area contributed by atoms with E-state index in [2.05, 4.69) is 62.9 Å². The highest BCUT2D eigenvalue weighted by Gasteiger charge is 2.29. The Morgan fingerprint density at radius 1 is 1.09 bits per heavy atom. The van der Waals surface area contributed by atoms with E-state index in [9.17, 15) is 4.79 Å². The van der Waals surface area contributed by atoms with E-state index in [1.165, 1.54) is 43.4 Å². The largest absolute Gasteiger partial charge is 0.493 e. The van der Waals surface area contributed by atoms with Crippen molar-refractivity contribution in [2.75, 3.05) is 31.1 Å². The van der Waals surface area contributed by atoms with E-state index in [0.717, 1.165) is 51.3 Å². The molecule has 1 amide bonds. The summed E-state index contributed by atoms with van der Waals surface area (Å²) in [5.74, 6) is 2.23. The number of allylic oxidation sites excluding steroid dienone is 1. The van der Waals surface area contributed by atoms with Crippen LogP contribution >= 0.6 is 0 Å². The normalized spacial score (nSPS) is 18.6. The number of ether oxygens (including phenoxy) is 1. The number of piperidine rings is 1. The Hall–Kier alpha value is -2.01. The Labute approximate surface area is 207 Å². The SMILES string of the molecule is CC(C)=CCN(c1ccc(OCC2CCCCC2)cc1)C1CCN(C(=O)[C@@H](N)CC(C)C)CC1. The molecule has 1 heterocycles. The third-order valence-electron chi connectivity index (χ3n) is 7.33. The molecule has 3 rings (SSSR count). The third-order valence-corrected chi connectivity index (χ3v) is 7.33. The van der Waals surface area contributed by atoms with E-state index in [1.54, 1.807) is 0 Å². The minimum atomic E-state index is -0.375. The fourth-order valence-corrected chi connectivity index (χ4v) is 5.29. The maximum Gasteiger partial charge on any atom is 0.239 e. The number of hydrogen-bond donors (Lipinski definition) is 1. The van der Waals surface area contributed by atoms with Gasteiger partial charge in [0.1, 0.15) is 5.75 Å². The van der Waals surface area contributed by atoms with Gasteiger partial charge in [0.2, 0.25) is 5.91 Å². The van der Waals surface area contributed by atoms with E-state index in [-0.39, 0.29) is 11.9 Å². The quantitative estimate of drug-likeness (QED) is 0.441. The molecule has 1 aromatic rings. The molecule has 34 heavy (non-hydrogen) atoms. The van der Waals surface area contributed by atoms with Crippen molar-refractivity contribution in [3.8, 4) is 5.75 Å². The maximum atomic E-state index is 12.8. The van der Waals surface area contributed by atoms with Crippen molar-refractivity contribution in [3.63, 3.8) is 0 Å². The number of hydrogen-bond acceptors (Lipinski definition) is 4. The highest BCUT2D eigenvalue weighted by atomic mass is 16.5. The molecule has 5 nitrogen and oxygen atoms in total. The number of carbonyl (C=O) groups is 1. The molecule has 5 heteroatoms. The van der Waals surface area contributed by atoms with Gasteiger partial charge in [0.25, 0.3) is 0 Å². The van der Waals surface area contributed by atoms with Gasteiger partial charge in [-0.15, -0.1) is 0 Å². The van der Waals surface area contributed by atoms with E-state index >= 15 is 0 Å². The van der Waals surface area contributed by atoms with Crippen LogP contribution in [0, 0.1) is 11.8 Å². The van der Waals surface area contributed by atoms with Crippen molar-refractivity contribution in [1.29, 1.82) is 0 Å². The summed E-state index contributed by atoms with van der Waals surface area (Å²) in [4.78, 5) is 17.2. The molecule has 2 N–H and O–H groups in total. The number of amides is 1. The minimum Gasteiger partial charge on any atom is -0.493 e. The maximum absolute atomic E-state index is 12.8. The summed E-state index contributed by atoms with van der Waals surface area (Å²) < 4.78 is 6.13. The van der Waals surface area contributed by atoms with Crippen LogP contribution in [0.1, 0.15) is 79.1 Å². The summed E-state index contributed by atoms with van der Waals surface area (Å²) in [6, 6.07) is 8.68. The molecule has 1 aromatic carbocycles. The Kier molecular flexibility index (Phi) is 10.3. The summed E-state index contributed by atoms with van der Waals surface area (Å²) >= 11 is 0. The lowest BCUT2D eigenvalue weighted by Crippen LogP contribution is -2.51. The molecule has 1 atom stereocenters. The number of likely N-dealkylation sites (tertiary alicyclic amines) is 1. The highest BCUT2D eigenvalue weighted by Crippen LogP contribution is 2.28. The van der Waals surface area contributed by atoms with Crippen LogP contribution in [0.3, 0.4) is 0 Å². The lowest BCUT2D eigenvalue weighted by atomic mass is 9.90. The molecular weight excluding hydrogens is 422 g/mol. The molecule has 1 aliphatic carbocycles. The fraction of sp³-hybridized carbons (Fsp3) is 0.690. The van der Waals surface area contributed by atoms with Crippen molar-refractivity contribution < 1.29 is 9.53 Å². The smallest absolute Gasteiger partial charge is 0.239 e. The third kappa shape index (κ3) is 8.04. The van der Waals surface area contributed by atoms with E-state index in [4.69, 9.17) is 10.5 Å². The predicted octanol–water partition coefficient (Wildman–Crippen LogP) is 5.78. The minimum absolute atomic E-state index is 0.113. The Morgan fingerprint density at radius 2 is 1.74 bits per heavy atom. The summed E-state index contributed by atoms with van der Waals surface area (Å²) in [6.45, 7) is 11.8. The van der Waals surface area contributed by atoms with E-state index < -0.39 is 0 Å². The molecule has 0 spiro atoms. The van der Waals surface area contributed by atoms with Crippen molar-refractivity contribution in [2.45, 2.75) is 91.1 Å². The average molecular weight is 470 g/mol. The van der Waals surface area contributed by atoms with Gasteiger partial charge in [-0.25, -0.2) is 0 Å². The second-order valence-corrected chi connectivity index (χ2v) is 11.0. The van der Waals surface area contributed by atoms with Gasteiger partial charge < -0.3 is 20.3 Å². The van der Waals surface area contributed by atoms with E-state index in [0.29, 0.717) is 17.9 Å². The van der Waals surface area contributed by atoms with Crippen molar-refractivity contribution >= 4 is 11.6 Å². The van der Waals surface area contributed by atoms with Gasteiger partial charge in [0, 0.05) is 31.4 Å². The number of carbonyl (C=O) groups excluding carboxylic acids is 1. The molecule has 0 bridgehead atoms. The first-order chi connectivity index (χ1) is 16.3. The van der Waals surface area contributed by atoms with Crippen LogP contribution in [0.25, 0.3) is 0 Å². The van der Waals surface area contributed by atoms with Crippen LogP contribution in [-0.4, -0.2) is 49.1 Å². The standard InChI is InChI=1S/C29H47N3O2/c1-22(2)14-19-32(26-15-17-31(18-16-26)29(33)28(30)20-23(3)4)25-10-12-27(13-11-25)34-21-24-8-6-5-7-9-24/h10-14,23-24,26,28H,5-9,15-21,30H2,1-4H3/t28-/m0/s1. The predicted molar refractivity (Wildman–Crippen MR) is 142 cm³/mol. The second-order valence-electron chi connectivity index (χ2n) is 11.0. The van der Waals surface area contributed by atoms with Gasteiger partial charge in [-0.2, -0.15) is 0 Å². The monoisotopic (exact) mass is 469 g/mol. The van der Waals surface area contributed by atoms with Crippen LogP contribution in [0.4, 0.5) is 5.69 Å². The first-order valence-corrected chi connectivity index (χ1v) is 13.5. The average Bonchev–Trinajstić information content (AvgIpc) is 2.83. The number of rotatable bonds is 10. The first-order valence-electron chi connectivity index (χ1n) is 13.5. The van der Waals surface area contributed by atoms with Gasteiger partial charge >= 0.3 is 0 Å². The van der Waals surface area contributed by atoms with Gasteiger partial charge in [0.05, 0.1) is 12.6 Å². The summed E-state index contributed by atoms with van der Waals surface area (Å²) in [6.07, 6.45) is 11.7. The number of nitrogens with zero attached hydrogens (tertiary/aromatic N) is 2. The first kappa shape index (κ1) is 26.6. The zero-order valence-electron chi connectivity index (χ0n) is 22.0. The van der Waals surface area contributed by atoms with Gasteiger partial charge in [-0.3, -0.25) is 4.79 Å². The van der Waals surface area contributed by atoms with Crippen LogP contribution in [0.5, 0.6) is 5.75 Å². The van der Waals surface area contributed by atoms with E-state index in [1.807, 2.05) is 4.90 Å². The van der Waals surface area contributed by atoms with Crippen LogP contribution in [-0.2, 0) is 4.79 Å². The highest BCUT2D eigenvalue weighted by molar-refractivity contribution is 5.81. The molecule has 190 valence electrons. The number of anilines is 1. The van der Waals surface area contributed by atoms with Crippen LogP contribution < -0.4 is 15.4 Å². The second kappa shape index (κ2) is 13.2. The molecule has 0 unspecified atom stereocenters. The molecule has 2 aliphatic rings. The van der Waals surface area contributed by atoms with Crippen LogP contribution in [0.15, 0.2) is 35.9 Å². The Balaban J connectivity index is 1.59. The van der Waals surface area contributed by atoms with Crippen molar-refractivity contribution in [3.05, 3.63) is 35.9 Å². The molecule has 0 radical (unpaired) electrons. The fourth-order valence-electron chi connectivity index (χ4n) is 5.29. The molecule has 1 saturated heterocycles. The van der Waals surface area contributed by atoms with Gasteiger partial charge in [-0.1, -0.05) is 44.8 Å². The molecular formula is C29H47N3O2. The lowest BCUT2D eigenvalue weighted by Gasteiger charge is -2.40. The summed E-state index contributed by atoms with van der Waals surface area (Å²) in [5, 5.41) is 0. The van der Waals surface area contributed by atoms with Crippen LogP contribution in [0.2, 0.25) is 0 Å². The summed E-state index contributed by atoms with van der Waals surface area (Å²) in [7, 11) is 0. The topological polar surface area (TPSA) is 58.8 Å². The zero-order chi connectivity index (χ0) is 24.5. The lowest BCUT2D eigenvalue weighted by molar-refractivity contribution is -0.134. The molecule has 1 aliphatic heterocycles. The Bertz CT molecular complexity index is 771. The van der Waals surface area contributed by atoms with Crippen molar-refractivity contribution in [2.24, 2.45) is 17.6 Å². The zero-order valence-corrected chi connectivity index (χ0v) is 22.0. The number of benzene rings is 1. The summed E-state index contributed by atoms with van der Waals surface area (Å²) in [5.41, 5.74) is 8.73. The molecule has 1 saturated carbocycles.